The summed E-state index contributed by atoms with van der Waals surface area (Å²) < 4.78 is 0. The van der Waals surface area contributed by atoms with Gasteiger partial charge >= 0.3 is 0 Å². The maximum absolute atomic E-state index is 5.53. The summed E-state index contributed by atoms with van der Waals surface area (Å²) in [4.78, 5) is 9.08. The van der Waals surface area contributed by atoms with Crippen molar-refractivity contribution in [3.63, 3.8) is 0 Å². The standard InChI is InChI=1S/C15H17N3/c16-9-6-12-10-17-14(18-11-12)15(7-8-15)13-4-2-1-3-5-13/h1-5,10-11H,6-9,16H2. The average molecular weight is 239 g/mol. The van der Waals surface area contributed by atoms with Gasteiger partial charge in [0.05, 0.1) is 5.41 Å². The van der Waals surface area contributed by atoms with Crippen LogP contribution >= 0.6 is 0 Å². The van der Waals surface area contributed by atoms with Gasteiger partial charge in [-0.05, 0) is 36.9 Å². The second-order valence-corrected chi connectivity index (χ2v) is 4.90. The molecule has 0 amide bonds. The van der Waals surface area contributed by atoms with Crippen molar-refractivity contribution < 1.29 is 0 Å². The maximum atomic E-state index is 5.53. The summed E-state index contributed by atoms with van der Waals surface area (Å²) in [6, 6.07) is 10.6. The van der Waals surface area contributed by atoms with Crippen LogP contribution in [0.25, 0.3) is 0 Å². The minimum Gasteiger partial charge on any atom is -0.330 e. The van der Waals surface area contributed by atoms with E-state index in [1.807, 2.05) is 18.5 Å². The van der Waals surface area contributed by atoms with Crippen molar-refractivity contribution in [1.82, 2.24) is 9.97 Å². The van der Waals surface area contributed by atoms with Gasteiger partial charge in [0, 0.05) is 12.4 Å². The highest BCUT2D eigenvalue weighted by Gasteiger charge is 2.48. The lowest BCUT2D eigenvalue weighted by Gasteiger charge is -2.14. The third-order valence-corrected chi connectivity index (χ3v) is 3.64. The molecule has 0 atom stereocenters. The van der Waals surface area contributed by atoms with Gasteiger partial charge in [-0.3, -0.25) is 0 Å². The third-order valence-electron chi connectivity index (χ3n) is 3.64. The lowest BCUT2D eigenvalue weighted by Crippen LogP contribution is -2.14. The summed E-state index contributed by atoms with van der Waals surface area (Å²) in [6.07, 6.45) is 6.97. The Morgan fingerprint density at radius 2 is 1.72 bits per heavy atom. The molecule has 0 radical (unpaired) electrons. The fraction of sp³-hybridized carbons (Fsp3) is 0.333. The largest absolute Gasteiger partial charge is 0.330 e. The van der Waals surface area contributed by atoms with Gasteiger partial charge in [-0.1, -0.05) is 30.3 Å². The highest BCUT2D eigenvalue weighted by Crippen LogP contribution is 2.51. The van der Waals surface area contributed by atoms with Gasteiger partial charge in [0.1, 0.15) is 5.82 Å². The van der Waals surface area contributed by atoms with Crippen LogP contribution in [0.5, 0.6) is 0 Å². The van der Waals surface area contributed by atoms with Crippen LogP contribution in [0.3, 0.4) is 0 Å². The van der Waals surface area contributed by atoms with E-state index in [-0.39, 0.29) is 5.41 Å². The first-order valence-corrected chi connectivity index (χ1v) is 6.42. The molecule has 0 bridgehead atoms. The maximum Gasteiger partial charge on any atom is 0.138 e. The van der Waals surface area contributed by atoms with Crippen molar-refractivity contribution in [1.29, 1.82) is 0 Å². The lowest BCUT2D eigenvalue weighted by atomic mass is 9.95. The predicted molar refractivity (Wildman–Crippen MR) is 71.2 cm³/mol. The number of hydrogen-bond acceptors (Lipinski definition) is 3. The minimum atomic E-state index is 0.0719. The lowest BCUT2D eigenvalue weighted by molar-refractivity contribution is 0.747. The number of nitrogens with two attached hydrogens (primary N) is 1. The number of rotatable bonds is 4. The van der Waals surface area contributed by atoms with Crippen LogP contribution in [0, 0.1) is 0 Å². The molecule has 0 aliphatic heterocycles. The molecule has 0 spiro atoms. The smallest absolute Gasteiger partial charge is 0.138 e. The van der Waals surface area contributed by atoms with E-state index >= 15 is 0 Å². The van der Waals surface area contributed by atoms with Gasteiger partial charge in [0.2, 0.25) is 0 Å². The van der Waals surface area contributed by atoms with Crippen molar-refractivity contribution in [2.24, 2.45) is 5.73 Å². The number of benzene rings is 1. The van der Waals surface area contributed by atoms with E-state index in [4.69, 9.17) is 5.73 Å². The first-order valence-electron chi connectivity index (χ1n) is 6.42. The van der Waals surface area contributed by atoms with E-state index in [1.165, 1.54) is 5.56 Å². The quantitative estimate of drug-likeness (QED) is 0.888. The van der Waals surface area contributed by atoms with Gasteiger partial charge in [0.15, 0.2) is 0 Å². The van der Waals surface area contributed by atoms with E-state index in [1.54, 1.807) is 0 Å². The molecule has 92 valence electrons. The van der Waals surface area contributed by atoms with Gasteiger partial charge in [-0.15, -0.1) is 0 Å². The second-order valence-electron chi connectivity index (χ2n) is 4.90. The minimum absolute atomic E-state index is 0.0719. The Morgan fingerprint density at radius 3 is 2.28 bits per heavy atom. The predicted octanol–water partition coefficient (Wildman–Crippen LogP) is 2.06. The van der Waals surface area contributed by atoms with E-state index in [0.717, 1.165) is 30.7 Å². The Morgan fingerprint density at radius 1 is 1.06 bits per heavy atom. The van der Waals surface area contributed by atoms with Crippen LogP contribution in [0.1, 0.15) is 29.8 Å². The Hall–Kier alpha value is -1.74. The third kappa shape index (κ3) is 1.91. The number of hydrogen-bond donors (Lipinski definition) is 1. The van der Waals surface area contributed by atoms with E-state index in [2.05, 4.69) is 34.2 Å². The van der Waals surface area contributed by atoms with E-state index in [0.29, 0.717) is 6.54 Å². The molecule has 1 aliphatic carbocycles. The summed E-state index contributed by atoms with van der Waals surface area (Å²) in [5.41, 5.74) is 8.05. The Bertz CT molecular complexity index is 515. The highest BCUT2D eigenvalue weighted by atomic mass is 14.9. The number of aromatic nitrogens is 2. The topological polar surface area (TPSA) is 51.8 Å². The van der Waals surface area contributed by atoms with Crippen molar-refractivity contribution in [3.8, 4) is 0 Å². The molecule has 18 heavy (non-hydrogen) atoms. The molecule has 3 rings (SSSR count). The van der Waals surface area contributed by atoms with Crippen LogP contribution in [0.15, 0.2) is 42.7 Å². The van der Waals surface area contributed by atoms with Crippen LogP contribution in [0.4, 0.5) is 0 Å². The summed E-state index contributed by atoms with van der Waals surface area (Å²) in [6.45, 7) is 0.645. The first kappa shape index (κ1) is 11.4. The van der Waals surface area contributed by atoms with E-state index in [9.17, 15) is 0 Å². The summed E-state index contributed by atoms with van der Waals surface area (Å²) in [5, 5.41) is 0. The Labute approximate surface area is 107 Å². The SMILES string of the molecule is NCCc1cnc(C2(c3ccccc3)CC2)nc1. The molecule has 2 aromatic rings. The van der Waals surface area contributed by atoms with Gasteiger partial charge in [-0.2, -0.15) is 0 Å². The molecule has 1 saturated carbocycles. The van der Waals surface area contributed by atoms with Crippen molar-refractivity contribution in [3.05, 3.63) is 59.7 Å². The Balaban J connectivity index is 1.90. The molecule has 1 aromatic carbocycles. The van der Waals surface area contributed by atoms with Crippen LogP contribution in [-0.2, 0) is 11.8 Å². The van der Waals surface area contributed by atoms with Crippen molar-refractivity contribution >= 4 is 0 Å². The van der Waals surface area contributed by atoms with Crippen LogP contribution in [0.2, 0.25) is 0 Å². The molecular formula is C15H17N3. The normalized spacial score (nSPS) is 16.5. The molecule has 3 nitrogen and oxygen atoms in total. The molecule has 1 aromatic heterocycles. The van der Waals surface area contributed by atoms with Crippen molar-refractivity contribution in [2.45, 2.75) is 24.7 Å². The Kier molecular flexibility index (Phi) is 2.84. The first-order chi connectivity index (χ1) is 8.85. The summed E-state index contributed by atoms with van der Waals surface area (Å²) in [7, 11) is 0. The molecule has 1 aliphatic rings. The monoisotopic (exact) mass is 239 g/mol. The highest BCUT2D eigenvalue weighted by molar-refractivity contribution is 5.39. The van der Waals surface area contributed by atoms with Crippen LogP contribution < -0.4 is 5.73 Å². The van der Waals surface area contributed by atoms with E-state index < -0.39 is 0 Å². The fourth-order valence-electron chi connectivity index (χ4n) is 2.42. The second kappa shape index (κ2) is 4.50. The molecule has 3 heteroatoms. The molecule has 1 fully saturated rings. The zero-order valence-corrected chi connectivity index (χ0v) is 10.3. The fourth-order valence-corrected chi connectivity index (χ4v) is 2.42. The number of nitrogens with zero attached hydrogens (tertiary/aromatic N) is 2. The average Bonchev–Trinajstić information content (AvgIpc) is 3.23. The molecular weight excluding hydrogens is 222 g/mol. The van der Waals surface area contributed by atoms with Crippen molar-refractivity contribution in [2.75, 3.05) is 6.54 Å². The zero-order valence-electron chi connectivity index (χ0n) is 10.3. The molecule has 1 heterocycles. The van der Waals surface area contributed by atoms with Gasteiger partial charge in [-0.25, -0.2) is 9.97 Å². The molecule has 0 saturated heterocycles. The summed E-state index contributed by atoms with van der Waals surface area (Å²) >= 11 is 0. The van der Waals surface area contributed by atoms with Crippen LogP contribution in [-0.4, -0.2) is 16.5 Å². The van der Waals surface area contributed by atoms with Gasteiger partial charge < -0.3 is 5.73 Å². The molecule has 0 unspecified atom stereocenters. The van der Waals surface area contributed by atoms with Gasteiger partial charge in [0.25, 0.3) is 0 Å². The summed E-state index contributed by atoms with van der Waals surface area (Å²) in [5.74, 6) is 0.953. The zero-order chi connectivity index (χ0) is 12.4. The molecule has 2 N–H and O–H groups in total.